The van der Waals surface area contributed by atoms with Gasteiger partial charge in [0.2, 0.25) is 0 Å². The molecule has 108 valence electrons. The number of Topliss-reactive ketones (excluding diaryl/α,β-unsaturated/α-hetero) is 1. The largest absolute Gasteiger partial charge is 0.301 e. The highest BCUT2D eigenvalue weighted by Crippen LogP contribution is 2.49. The Morgan fingerprint density at radius 3 is 2.71 bits per heavy atom. The number of hydrogen-bond donors (Lipinski definition) is 0. The number of anilines is 1. The number of halogens is 2. The Kier molecular flexibility index (Phi) is 3.32. The van der Waals surface area contributed by atoms with Gasteiger partial charge >= 0.3 is 0 Å². The van der Waals surface area contributed by atoms with Gasteiger partial charge in [-0.25, -0.2) is 0 Å². The number of carbonyl (C=O) groups is 1. The van der Waals surface area contributed by atoms with Crippen molar-refractivity contribution in [3.63, 3.8) is 0 Å². The molecule has 1 aliphatic carbocycles. The van der Waals surface area contributed by atoms with Crippen LogP contribution < -0.4 is 4.90 Å². The quantitative estimate of drug-likeness (QED) is 0.705. The van der Waals surface area contributed by atoms with E-state index in [1.807, 2.05) is 23.9 Å². The summed E-state index contributed by atoms with van der Waals surface area (Å²) in [5.74, 6) is 1.34. The van der Waals surface area contributed by atoms with Crippen LogP contribution in [0.1, 0.15) is 25.7 Å². The summed E-state index contributed by atoms with van der Waals surface area (Å²) in [6.45, 7) is 0. The molecule has 1 aromatic carbocycles. The van der Waals surface area contributed by atoms with Crippen molar-refractivity contribution in [2.45, 2.75) is 25.7 Å². The summed E-state index contributed by atoms with van der Waals surface area (Å²) < 4.78 is 0. The molecule has 5 heteroatoms. The Morgan fingerprint density at radius 2 is 1.90 bits per heavy atom. The van der Waals surface area contributed by atoms with Gasteiger partial charge in [-0.15, -0.1) is 11.8 Å². The van der Waals surface area contributed by atoms with Gasteiger partial charge in [-0.3, -0.25) is 4.79 Å². The first kappa shape index (κ1) is 13.7. The van der Waals surface area contributed by atoms with Crippen molar-refractivity contribution in [1.82, 2.24) is 0 Å². The Morgan fingerprint density at radius 1 is 1.05 bits per heavy atom. The van der Waals surface area contributed by atoms with Gasteiger partial charge in [-0.05, 0) is 48.6 Å². The molecule has 3 aliphatic rings. The topological polar surface area (TPSA) is 20.3 Å². The van der Waals surface area contributed by atoms with Crippen molar-refractivity contribution in [3.8, 4) is 0 Å². The van der Waals surface area contributed by atoms with E-state index < -0.39 is 0 Å². The number of allylic oxidation sites excluding steroid dienone is 3. The van der Waals surface area contributed by atoms with Crippen LogP contribution in [0.25, 0.3) is 0 Å². The molecule has 0 N–H and O–H groups in total. The third-order valence-electron chi connectivity index (χ3n) is 4.21. The second kappa shape index (κ2) is 5.08. The maximum Gasteiger partial charge on any atom is 0.179 e. The van der Waals surface area contributed by atoms with E-state index >= 15 is 0 Å². The normalized spacial score (nSPS) is 21.2. The predicted molar refractivity (Wildman–Crippen MR) is 88.9 cm³/mol. The summed E-state index contributed by atoms with van der Waals surface area (Å²) in [6.07, 6.45) is 3.62. The number of benzene rings is 1. The van der Waals surface area contributed by atoms with Gasteiger partial charge in [0, 0.05) is 17.9 Å². The Labute approximate surface area is 137 Å². The van der Waals surface area contributed by atoms with Crippen LogP contribution in [0.2, 0.25) is 10.0 Å². The molecule has 2 aliphatic heterocycles. The lowest BCUT2D eigenvalue weighted by Gasteiger charge is -2.32. The van der Waals surface area contributed by atoms with Crippen molar-refractivity contribution in [2.75, 3.05) is 10.7 Å². The number of rotatable bonds is 1. The zero-order chi connectivity index (χ0) is 14.6. The third kappa shape index (κ3) is 2.14. The Balaban J connectivity index is 1.87. The fourth-order valence-electron chi connectivity index (χ4n) is 3.25. The Bertz CT molecular complexity index is 723. The predicted octanol–water partition coefficient (Wildman–Crippen LogP) is 5.17. The zero-order valence-corrected chi connectivity index (χ0v) is 13.6. The van der Waals surface area contributed by atoms with Gasteiger partial charge in [0.25, 0.3) is 0 Å². The van der Waals surface area contributed by atoms with Crippen LogP contribution in [0.3, 0.4) is 0 Å². The third-order valence-corrected chi connectivity index (χ3v) is 6.10. The van der Waals surface area contributed by atoms with E-state index in [4.69, 9.17) is 23.2 Å². The lowest BCUT2D eigenvalue weighted by atomic mass is 9.99. The number of ketones is 1. The van der Waals surface area contributed by atoms with E-state index in [9.17, 15) is 4.79 Å². The van der Waals surface area contributed by atoms with Gasteiger partial charge < -0.3 is 4.90 Å². The van der Waals surface area contributed by atoms with Crippen molar-refractivity contribution in [1.29, 1.82) is 0 Å². The molecular formula is C16H13Cl2NOS. The fourth-order valence-corrected chi connectivity index (χ4v) is 4.79. The van der Waals surface area contributed by atoms with Crippen molar-refractivity contribution in [3.05, 3.63) is 50.1 Å². The molecule has 2 nitrogen and oxygen atoms in total. The first-order valence-corrected chi connectivity index (χ1v) is 8.74. The van der Waals surface area contributed by atoms with Crippen LogP contribution in [0.5, 0.6) is 0 Å². The molecule has 0 unspecified atom stereocenters. The minimum Gasteiger partial charge on any atom is -0.301 e. The molecule has 0 spiro atoms. The highest BCUT2D eigenvalue weighted by Gasteiger charge is 2.37. The molecule has 0 aromatic heterocycles. The van der Waals surface area contributed by atoms with Crippen LogP contribution in [-0.2, 0) is 4.79 Å². The molecule has 0 saturated heterocycles. The molecule has 2 heterocycles. The molecule has 0 saturated carbocycles. The molecular weight excluding hydrogens is 325 g/mol. The van der Waals surface area contributed by atoms with Crippen LogP contribution in [0.4, 0.5) is 5.69 Å². The molecule has 0 bridgehead atoms. The SMILES string of the molecule is O=C1CCC2=C1N(c1ccc(Cl)c(Cl)c1)C1=C(CCS1)C2. The second-order valence-corrected chi connectivity index (χ2v) is 7.39. The summed E-state index contributed by atoms with van der Waals surface area (Å²) in [7, 11) is 0. The number of thioether (sulfide) groups is 1. The number of nitrogens with zero attached hydrogens (tertiary/aromatic N) is 1. The molecule has 21 heavy (non-hydrogen) atoms. The summed E-state index contributed by atoms with van der Waals surface area (Å²) in [5.41, 5.74) is 4.56. The standard InChI is InChI=1S/C16H13Cl2NOS/c17-12-3-2-11(8-13(12)18)19-15-9(1-4-14(15)20)7-10-5-6-21-16(10)19/h2-3,8H,1,4-7H2. The minimum absolute atomic E-state index is 0.245. The van der Waals surface area contributed by atoms with Gasteiger partial charge in [-0.1, -0.05) is 23.2 Å². The Hall–Kier alpha value is -0.900. The van der Waals surface area contributed by atoms with Gasteiger partial charge in [0.05, 0.1) is 20.8 Å². The molecule has 1 aromatic rings. The van der Waals surface area contributed by atoms with Gasteiger partial charge in [-0.2, -0.15) is 0 Å². The molecule has 0 radical (unpaired) electrons. The maximum absolute atomic E-state index is 12.3. The highest BCUT2D eigenvalue weighted by molar-refractivity contribution is 8.03. The molecule has 0 fully saturated rings. The van der Waals surface area contributed by atoms with Crippen LogP contribution in [0.15, 0.2) is 40.1 Å². The lowest BCUT2D eigenvalue weighted by molar-refractivity contribution is -0.114. The summed E-state index contributed by atoms with van der Waals surface area (Å²) in [4.78, 5) is 14.5. The van der Waals surface area contributed by atoms with E-state index in [0.29, 0.717) is 16.5 Å². The van der Waals surface area contributed by atoms with E-state index in [2.05, 4.69) is 4.90 Å². The average Bonchev–Trinajstić information content (AvgIpc) is 3.07. The first-order chi connectivity index (χ1) is 10.1. The van der Waals surface area contributed by atoms with E-state index in [-0.39, 0.29) is 5.78 Å². The van der Waals surface area contributed by atoms with Crippen molar-refractivity contribution < 1.29 is 4.79 Å². The second-order valence-electron chi connectivity index (χ2n) is 5.49. The molecule has 0 atom stereocenters. The molecule has 4 rings (SSSR count). The summed E-state index contributed by atoms with van der Waals surface area (Å²) in [5, 5.41) is 2.29. The first-order valence-electron chi connectivity index (χ1n) is 7.00. The van der Waals surface area contributed by atoms with Crippen LogP contribution in [0, 0.1) is 0 Å². The number of carbonyl (C=O) groups excluding carboxylic acids is 1. The maximum atomic E-state index is 12.3. The monoisotopic (exact) mass is 337 g/mol. The van der Waals surface area contributed by atoms with E-state index in [0.717, 1.165) is 36.4 Å². The highest BCUT2D eigenvalue weighted by atomic mass is 35.5. The average molecular weight is 338 g/mol. The lowest BCUT2D eigenvalue weighted by Crippen LogP contribution is -2.27. The van der Waals surface area contributed by atoms with E-state index in [1.54, 1.807) is 6.07 Å². The minimum atomic E-state index is 0.245. The fraction of sp³-hybridized carbons (Fsp3) is 0.312. The summed E-state index contributed by atoms with van der Waals surface area (Å²) in [6, 6.07) is 5.60. The van der Waals surface area contributed by atoms with E-state index in [1.165, 1.54) is 16.2 Å². The smallest absolute Gasteiger partial charge is 0.179 e. The van der Waals surface area contributed by atoms with Crippen molar-refractivity contribution in [2.24, 2.45) is 0 Å². The van der Waals surface area contributed by atoms with Gasteiger partial charge in [0.15, 0.2) is 5.78 Å². The molecule has 0 amide bonds. The van der Waals surface area contributed by atoms with Gasteiger partial charge in [0.1, 0.15) is 0 Å². The summed E-state index contributed by atoms with van der Waals surface area (Å²) >= 11 is 14.0. The van der Waals surface area contributed by atoms with Crippen LogP contribution >= 0.6 is 35.0 Å². The zero-order valence-electron chi connectivity index (χ0n) is 11.3. The van der Waals surface area contributed by atoms with Crippen molar-refractivity contribution >= 4 is 46.4 Å². The number of hydrogen-bond acceptors (Lipinski definition) is 3. The van der Waals surface area contributed by atoms with Crippen LogP contribution in [-0.4, -0.2) is 11.5 Å².